The van der Waals surface area contributed by atoms with Crippen molar-refractivity contribution < 1.29 is 4.79 Å². The minimum Gasteiger partial charge on any atom is -0.352 e. The number of rotatable bonds is 3. The highest BCUT2D eigenvalue weighted by Gasteiger charge is 2.55. The molecule has 6 rings (SSSR count). The van der Waals surface area contributed by atoms with Crippen LogP contribution in [-0.4, -0.2) is 17.4 Å². The molecule has 1 atom stereocenters. The molecule has 0 fully saturated rings. The topological polar surface area (TPSA) is 25.2 Å². The Bertz CT molecular complexity index is 1610. The number of anilines is 1. The van der Waals surface area contributed by atoms with Crippen LogP contribution in [0.4, 0.5) is 5.69 Å². The molecule has 1 aliphatic heterocycles. The highest BCUT2D eigenvalue weighted by Crippen LogP contribution is 2.55. The van der Waals surface area contributed by atoms with Gasteiger partial charge >= 0.3 is 0 Å². The number of carbonyl (C=O) groups excluding carboxylic acids is 1. The fraction of sp³-hybridized carbons (Fsp3) is 0.100. The molecular weight excluding hydrogens is 475 g/mol. The number of fused-ring (bicyclic) bond motifs is 2. The quantitative estimate of drug-likeness (QED) is 0.255. The number of aryl methyl sites for hydroxylation is 1. The Morgan fingerprint density at radius 3 is 2.11 bits per heavy atom. The van der Waals surface area contributed by atoms with E-state index in [2.05, 4.69) is 35.9 Å². The van der Waals surface area contributed by atoms with Gasteiger partial charge in [-0.3, -0.25) is 4.79 Å². The standard InChI is InChI=1S/C30H22Cl2N2O/c1-33-25-16-10-9-15-22(25)26(27(33)19-11-5-3-6-12-19)30(20-13-7-4-8-14-20)29(35)23-17-21(31)18-24(32)28(23)34(30)2/h3-18H,1-2H3. The Morgan fingerprint density at radius 2 is 1.40 bits per heavy atom. The minimum absolute atomic E-state index is 0.0425. The van der Waals surface area contributed by atoms with Crippen LogP contribution in [0.25, 0.3) is 22.2 Å². The van der Waals surface area contributed by atoms with Crippen molar-refractivity contribution >= 4 is 45.6 Å². The summed E-state index contributed by atoms with van der Waals surface area (Å²) in [6.45, 7) is 0. The average Bonchev–Trinajstić information content (AvgIpc) is 3.29. The molecule has 3 nitrogen and oxygen atoms in total. The lowest BCUT2D eigenvalue weighted by Gasteiger charge is -2.38. The number of likely N-dealkylation sites (N-methyl/N-ethyl adjacent to an activating group) is 1. The number of halogens is 2. The van der Waals surface area contributed by atoms with E-state index in [1.165, 1.54) is 0 Å². The number of ketones is 1. The molecule has 0 amide bonds. The Balaban J connectivity index is 1.82. The van der Waals surface area contributed by atoms with E-state index in [1.54, 1.807) is 12.1 Å². The number of hydrogen-bond donors (Lipinski definition) is 0. The van der Waals surface area contributed by atoms with Gasteiger partial charge < -0.3 is 9.47 Å². The second-order valence-corrected chi connectivity index (χ2v) is 9.76. The molecule has 0 aliphatic carbocycles. The largest absolute Gasteiger partial charge is 0.352 e. The lowest BCUT2D eigenvalue weighted by atomic mass is 9.76. The molecule has 5 heteroatoms. The van der Waals surface area contributed by atoms with Crippen molar-refractivity contribution in [2.45, 2.75) is 5.54 Å². The van der Waals surface area contributed by atoms with Crippen LogP contribution < -0.4 is 4.90 Å². The van der Waals surface area contributed by atoms with E-state index >= 15 is 0 Å². The van der Waals surface area contributed by atoms with Gasteiger partial charge in [-0.2, -0.15) is 0 Å². The lowest BCUT2D eigenvalue weighted by molar-refractivity contribution is 0.0929. The number of para-hydroxylation sites is 1. The molecule has 172 valence electrons. The zero-order valence-electron chi connectivity index (χ0n) is 19.3. The fourth-order valence-corrected chi connectivity index (χ4v) is 6.34. The highest BCUT2D eigenvalue weighted by atomic mass is 35.5. The van der Waals surface area contributed by atoms with Crippen LogP contribution in [0.15, 0.2) is 97.1 Å². The molecule has 0 radical (unpaired) electrons. The smallest absolute Gasteiger partial charge is 0.199 e. The van der Waals surface area contributed by atoms with Crippen molar-refractivity contribution in [3.63, 3.8) is 0 Å². The van der Waals surface area contributed by atoms with Gasteiger partial charge in [-0.1, -0.05) is 102 Å². The van der Waals surface area contributed by atoms with Gasteiger partial charge in [-0.15, -0.1) is 0 Å². The molecule has 0 saturated heterocycles. The zero-order chi connectivity index (χ0) is 24.3. The summed E-state index contributed by atoms with van der Waals surface area (Å²) in [7, 11) is 4.01. The van der Waals surface area contributed by atoms with E-state index in [0.717, 1.165) is 33.3 Å². The van der Waals surface area contributed by atoms with Crippen molar-refractivity contribution in [3.8, 4) is 11.3 Å². The van der Waals surface area contributed by atoms with E-state index in [1.807, 2.05) is 72.6 Å². The van der Waals surface area contributed by atoms with Gasteiger partial charge in [-0.05, 0) is 29.3 Å². The van der Waals surface area contributed by atoms with Crippen LogP contribution in [-0.2, 0) is 12.6 Å². The molecule has 1 aromatic heterocycles. The third kappa shape index (κ3) is 2.95. The van der Waals surface area contributed by atoms with Crippen LogP contribution in [0, 0.1) is 0 Å². The number of aromatic nitrogens is 1. The van der Waals surface area contributed by atoms with Gasteiger partial charge in [0, 0.05) is 41.1 Å². The van der Waals surface area contributed by atoms with E-state index in [9.17, 15) is 4.79 Å². The molecule has 2 heterocycles. The molecular formula is C30H22Cl2N2O. The maximum atomic E-state index is 14.7. The van der Waals surface area contributed by atoms with Crippen molar-refractivity contribution in [2.24, 2.45) is 7.05 Å². The summed E-state index contributed by atoms with van der Waals surface area (Å²) in [5.41, 5.74) is 4.98. The summed E-state index contributed by atoms with van der Waals surface area (Å²) in [5.74, 6) is -0.0425. The number of nitrogens with zero attached hydrogens (tertiary/aromatic N) is 2. The Labute approximate surface area is 214 Å². The summed E-state index contributed by atoms with van der Waals surface area (Å²) in [6.07, 6.45) is 0. The van der Waals surface area contributed by atoms with Crippen LogP contribution in [0.3, 0.4) is 0 Å². The first-order valence-corrected chi connectivity index (χ1v) is 12.2. The summed E-state index contributed by atoms with van der Waals surface area (Å²) in [6, 6.07) is 31.9. The average molecular weight is 497 g/mol. The van der Waals surface area contributed by atoms with E-state index in [-0.39, 0.29) is 5.78 Å². The van der Waals surface area contributed by atoms with E-state index in [4.69, 9.17) is 23.2 Å². The predicted octanol–water partition coefficient (Wildman–Crippen LogP) is 7.73. The monoisotopic (exact) mass is 496 g/mol. The molecule has 5 aromatic rings. The maximum Gasteiger partial charge on any atom is 0.199 e. The first-order valence-electron chi connectivity index (χ1n) is 11.4. The van der Waals surface area contributed by atoms with Crippen molar-refractivity contribution in [3.05, 3.63) is 124 Å². The van der Waals surface area contributed by atoms with Gasteiger partial charge in [0.25, 0.3) is 0 Å². The molecule has 0 bridgehead atoms. The van der Waals surface area contributed by atoms with Crippen LogP contribution in [0.5, 0.6) is 0 Å². The molecule has 0 N–H and O–H groups in total. The fourth-order valence-electron chi connectivity index (χ4n) is 5.72. The molecule has 4 aromatic carbocycles. The van der Waals surface area contributed by atoms with Crippen molar-refractivity contribution in [1.82, 2.24) is 4.57 Å². The normalized spacial score (nSPS) is 17.3. The maximum absolute atomic E-state index is 14.7. The second kappa shape index (κ2) is 8.01. The highest BCUT2D eigenvalue weighted by molar-refractivity contribution is 6.39. The molecule has 1 unspecified atom stereocenters. The van der Waals surface area contributed by atoms with Crippen molar-refractivity contribution in [2.75, 3.05) is 11.9 Å². The molecule has 35 heavy (non-hydrogen) atoms. The number of benzene rings is 4. The Kier molecular flexibility index (Phi) is 5.03. The summed E-state index contributed by atoms with van der Waals surface area (Å²) >= 11 is 13.1. The number of carbonyl (C=O) groups is 1. The van der Waals surface area contributed by atoms with Crippen LogP contribution >= 0.6 is 23.2 Å². The van der Waals surface area contributed by atoms with E-state index in [0.29, 0.717) is 21.3 Å². The number of hydrogen-bond acceptors (Lipinski definition) is 2. The third-order valence-electron chi connectivity index (χ3n) is 7.15. The van der Waals surface area contributed by atoms with Gasteiger partial charge in [-0.25, -0.2) is 0 Å². The SMILES string of the molecule is CN1c2c(Cl)cc(Cl)cc2C(=O)C1(c1ccccc1)c1c(-c2ccccc2)n(C)c2ccccc12. The van der Waals surface area contributed by atoms with Gasteiger partial charge in [0.15, 0.2) is 11.3 Å². The van der Waals surface area contributed by atoms with Gasteiger partial charge in [0.2, 0.25) is 0 Å². The molecule has 1 aliphatic rings. The first-order chi connectivity index (χ1) is 17.0. The summed E-state index contributed by atoms with van der Waals surface area (Å²) in [5, 5.41) is 1.93. The zero-order valence-corrected chi connectivity index (χ0v) is 20.8. The molecule has 0 saturated carbocycles. The summed E-state index contributed by atoms with van der Waals surface area (Å²) in [4.78, 5) is 16.7. The van der Waals surface area contributed by atoms with Crippen molar-refractivity contribution in [1.29, 1.82) is 0 Å². The third-order valence-corrected chi connectivity index (χ3v) is 7.65. The minimum atomic E-state index is -1.13. The first kappa shape index (κ1) is 22.0. The Morgan fingerprint density at radius 1 is 0.771 bits per heavy atom. The van der Waals surface area contributed by atoms with E-state index < -0.39 is 5.54 Å². The van der Waals surface area contributed by atoms with Crippen LogP contribution in [0.1, 0.15) is 21.5 Å². The Hall–Kier alpha value is -3.53. The lowest BCUT2D eigenvalue weighted by Crippen LogP contribution is -2.47. The predicted molar refractivity (Wildman–Crippen MR) is 145 cm³/mol. The molecule has 0 spiro atoms. The van der Waals surface area contributed by atoms with Gasteiger partial charge in [0.05, 0.1) is 16.4 Å². The summed E-state index contributed by atoms with van der Waals surface area (Å²) < 4.78 is 2.18. The van der Waals surface area contributed by atoms with Gasteiger partial charge in [0.1, 0.15) is 0 Å². The van der Waals surface area contributed by atoms with Crippen LogP contribution in [0.2, 0.25) is 10.0 Å². The number of Topliss-reactive ketones (excluding diaryl/α,β-unsaturated/α-hetero) is 1. The second-order valence-electron chi connectivity index (χ2n) is 8.91.